The van der Waals surface area contributed by atoms with E-state index in [4.69, 9.17) is 37.9 Å². The Morgan fingerprint density at radius 3 is 2.08 bits per heavy atom. The van der Waals surface area contributed by atoms with E-state index in [2.05, 4.69) is 0 Å². The summed E-state index contributed by atoms with van der Waals surface area (Å²) in [7, 11) is 5.68. The van der Waals surface area contributed by atoms with Gasteiger partial charge in [0.05, 0.1) is 54.2 Å². The van der Waals surface area contributed by atoms with Crippen molar-refractivity contribution in [2.24, 2.45) is 0 Å². The number of aromatic hydroxyl groups is 1. The van der Waals surface area contributed by atoms with Crippen LogP contribution in [0.5, 0.6) is 40.2 Å². The molecule has 8 N–H and O–H groups in total. The zero-order chi connectivity index (χ0) is 38.4. The Labute approximate surface area is 306 Å². The quantitative estimate of drug-likeness (QED) is 0.0956. The molecule has 0 amide bonds. The van der Waals surface area contributed by atoms with Crippen LogP contribution in [-0.2, 0) is 15.9 Å². The fourth-order valence-electron chi connectivity index (χ4n) is 6.54. The molecule has 2 heterocycles. The molecule has 9 atom stereocenters. The normalized spacial score (nSPS) is 24.8. The second-order valence-electron chi connectivity index (χ2n) is 12.7. The van der Waals surface area contributed by atoms with Crippen LogP contribution in [0, 0.1) is 0 Å². The van der Waals surface area contributed by atoms with Crippen LogP contribution in [0.1, 0.15) is 46.8 Å². The van der Waals surface area contributed by atoms with E-state index in [1.54, 1.807) is 12.1 Å². The number of aliphatic hydroxyl groups is 7. The van der Waals surface area contributed by atoms with Gasteiger partial charge in [0, 0.05) is 17.7 Å². The highest BCUT2D eigenvalue weighted by molar-refractivity contribution is 5.59. The highest BCUT2D eigenvalue weighted by atomic mass is 16.7. The molecule has 5 rings (SSSR count). The first-order chi connectivity index (χ1) is 25.5. The lowest BCUT2D eigenvalue weighted by Gasteiger charge is -2.40. The Bertz CT molecular complexity index is 1640. The van der Waals surface area contributed by atoms with Gasteiger partial charge >= 0.3 is 0 Å². The van der Waals surface area contributed by atoms with Crippen LogP contribution in [-0.4, -0.2) is 133 Å². The van der Waals surface area contributed by atoms with Crippen molar-refractivity contribution in [1.82, 2.24) is 0 Å². The van der Waals surface area contributed by atoms with Crippen LogP contribution >= 0.6 is 0 Å². The average Bonchev–Trinajstić information content (AvgIpc) is 3.55. The van der Waals surface area contributed by atoms with E-state index >= 15 is 0 Å². The van der Waals surface area contributed by atoms with Crippen LogP contribution in [0.2, 0.25) is 0 Å². The Morgan fingerprint density at radius 1 is 0.792 bits per heavy atom. The summed E-state index contributed by atoms with van der Waals surface area (Å²) in [5, 5.41) is 82.0. The van der Waals surface area contributed by atoms with E-state index in [0.29, 0.717) is 41.0 Å². The molecule has 0 aliphatic carbocycles. The van der Waals surface area contributed by atoms with Crippen LogP contribution in [0.15, 0.2) is 42.5 Å². The lowest BCUT2D eigenvalue weighted by Crippen LogP contribution is -2.59. The van der Waals surface area contributed by atoms with Crippen molar-refractivity contribution in [3.05, 3.63) is 64.7 Å². The predicted molar refractivity (Wildman–Crippen MR) is 185 cm³/mol. The maximum Gasteiger partial charge on any atom is 0.204 e. The number of hydrogen-bond acceptors (Lipinski definition) is 16. The van der Waals surface area contributed by atoms with Gasteiger partial charge in [0.15, 0.2) is 46.9 Å². The van der Waals surface area contributed by atoms with Gasteiger partial charge < -0.3 is 78.7 Å². The van der Waals surface area contributed by atoms with Gasteiger partial charge in [-0.05, 0) is 54.3 Å². The van der Waals surface area contributed by atoms with E-state index in [0.717, 1.165) is 5.56 Å². The monoisotopic (exact) mass is 748 g/mol. The fraction of sp³-hybridized carbons (Fsp3) is 0.514. The molecule has 0 aromatic heterocycles. The Kier molecular flexibility index (Phi) is 13.5. The van der Waals surface area contributed by atoms with E-state index in [-0.39, 0.29) is 42.0 Å². The number of aliphatic hydroxyl groups excluding tert-OH is 7. The smallest absolute Gasteiger partial charge is 0.204 e. The molecular weight excluding hydrogens is 700 g/mol. The van der Waals surface area contributed by atoms with Crippen molar-refractivity contribution in [3.8, 4) is 40.2 Å². The van der Waals surface area contributed by atoms with Gasteiger partial charge in [-0.2, -0.15) is 0 Å². The number of hydrogen-bond donors (Lipinski definition) is 8. The van der Waals surface area contributed by atoms with Crippen molar-refractivity contribution < 1.29 is 78.7 Å². The minimum atomic E-state index is -1.64. The van der Waals surface area contributed by atoms with Crippen LogP contribution in [0.25, 0.3) is 0 Å². The molecule has 16 heteroatoms. The largest absolute Gasteiger partial charge is 0.504 e. The van der Waals surface area contributed by atoms with Crippen molar-refractivity contribution in [3.63, 3.8) is 0 Å². The third-order valence-electron chi connectivity index (χ3n) is 9.44. The minimum absolute atomic E-state index is 0.0204. The third kappa shape index (κ3) is 8.36. The molecule has 0 saturated carbocycles. The standard InChI is InChI=1S/C37H48O16/c1-46-24-12-19(7-8-23(24)41)30(42)28(15-39)51-36-26(48-3)13-20(14-27(36)49-4)34-22(17-50-37-33(45)32(44)31(43)29(16-40)52-37)21-10-18(6-5-9-38)11-25(47-2)35(21)53-34/h7-8,10-14,22,28-34,37-45H,5-6,9,15-17H2,1-4H3. The number of ether oxygens (including phenoxy) is 8. The summed E-state index contributed by atoms with van der Waals surface area (Å²) in [4.78, 5) is 0. The Morgan fingerprint density at radius 2 is 1.47 bits per heavy atom. The fourth-order valence-corrected chi connectivity index (χ4v) is 6.54. The van der Waals surface area contributed by atoms with Crippen molar-refractivity contribution in [2.45, 2.75) is 67.8 Å². The number of rotatable bonds is 17. The van der Waals surface area contributed by atoms with Gasteiger partial charge in [0.25, 0.3) is 0 Å². The number of benzene rings is 3. The van der Waals surface area contributed by atoms with E-state index in [9.17, 15) is 40.9 Å². The van der Waals surface area contributed by atoms with Crippen LogP contribution in [0.4, 0.5) is 0 Å². The Hall–Kier alpha value is -4.10. The minimum Gasteiger partial charge on any atom is -0.504 e. The molecule has 16 nitrogen and oxygen atoms in total. The molecule has 2 aliphatic heterocycles. The van der Waals surface area contributed by atoms with Gasteiger partial charge in [-0.3, -0.25) is 0 Å². The highest BCUT2D eigenvalue weighted by Crippen LogP contribution is 2.53. The number of phenolic OH excluding ortho intramolecular Hbond substituents is 1. The molecule has 292 valence electrons. The first-order valence-electron chi connectivity index (χ1n) is 17.0. The molecule has 3 aromatic carbocycles. The first kappa shape index (κ1) is 40.1. The molecule has 0 bridgehead atoms. The number of fused-ring (bicyclic) bond motifs is 1. The molecule has 53 heavy (non-hydrogen) atoms. The molecule has 2 aliphatic rings. The van der Waals surface area contributed by atoms with Crippen molar-refractivity contribution in [1.29, 1.82) is 0 Å². The SMILES string of the molecule is COc1cc(C(O)C(CO)Oc2c(OC)cc(C3Oc4c(OC)cc(CCCO)cc4C3COC3OC(CO)C(O)C(O)C3O)cc2OC)ccc1O. The van der Waals surface area contributed by atoms with Gasteiger partial charge in [0.1, 0.15) is 36.6 Å². The van der Waals surface area contributed by atoms with Crippen molar-refractivity contribution in [2.75, 3.05) is 54.9 Å². The van der Waals surface area contributed by atoms with Crippen LogP contribution in [0.3, 0.4) is 0 Å². The molecule has 0 spiro atoms. The van der Waals surface area contributed by atoms with Gasteiger partial charge in [0.2, 0.25) is 5.75 Å². The number of phenols is 1. The molecule has 0 radical (unpaired) electrons. The predicted octanol–water partition coefficient (Wildman–Crippen LogP) is 0.859. The average molecular weight is 749 g/mol. The van der Waals surface area contributed by atoms with Gasteiger partial charge in [-0.1, -0.05) is 12.1 Å². The van der Waals surface area contributed by atoms with Crippen molar-refractivity contribution >= 4 is 0 Å². The third-order valence-corrected chi connectivity index (χ3v) is 9.44. The summed E-state index contributed by atoms with van der Waals surface area (Å²) in [5.74, 6) is 0.621. The zero-order valence-corrected chi connectivity index (χ0v) is 29.8. The first-order valence-corrected chi connectivity index (χ1v) is 17.0. The summed E-state index contributed by atoms with van der Waals surface area (Å²) in [6.07, 6.45) is -9.78. The van der Waals surface area contributed by atoms with E-state index < -0.39 is 68.1 Å². The second kappa shape index (κ2) is 17.8. The summed E-state index contributed by atoms with van der Waals surface area (Å²) in [6, 6.07) is 11.2. The second-order valence-corrected chi connectivity index (χ2v) is 12.7. The topological polar surface area (TPSA) is 236 Å². The molecule has 1 saturated heterocycles. The molecular formula is C37H48O16. The van der Waals surface area contributed by atoms with E-state index in [1.807, 2.05) is 12.1 Å². The summed E-state index contributed by atoms with van der Waals surface area (Å²) in [6.45, 7) is -1.41. The zero-order valence-electron chi connectivity index (χ0n) is 29.8. The van der Waals surface area contributed by atoms with Gasteiger partial charge in [-0.15, -0.1) is 0 Å². The highest BCUT2D eigenvalue weighted by Gasteiger charge is 2.46. The number of methoxy groups -OCH3 is 4. The van der Waals surface area contributed by atoms with Crippen LogP contribution < -0.4 is 28.4 Å². The molecule has 9 unspecified atom stereocenters. The molecule has 3 aromatic rings. The summed E-state index contributed by atoms with van der Waals surface area (Å²) < 4.78 is 46.6. The van der Waals surface area contributed by atoms with E-state index in [1.165, 1.54) is 46.6 Å². The summed E-state index contributed by atoms with van der Waals surface area (Å²) >= 11 is 0. The number of aryl methyl sites for hydroxylation is 1. The molecule has 1 fully saturated rings. The lowest BCUT2D eigenvalue weighted by molar-refractivity contribution is -0.302. The Balaban J connectivity index is 1.51. The maximum atomic E-state index is 11.2. The lowest BCUT2D eigenvalue weighted by atomic mass is 9.89. The summed E-state index contributed by atoms with van der Waals surface area (Å²) in [5.41, 5.74) is 2.36. The maximum absolute atomic E-state index is 11.2. The van der Waals surface area contributed by atoms with Gasteiger partial charge in [-0.25, -0.2) is 0 Å².